The Balaban J connectivity index is 0.00000272. The SMILES string of the molecule is Cc1n[n-]c(-c2cccc(C(C)(C)c3cccc(-c4[c-]cc(F)nc4F)n3)n2)c1C.[Pt+2]. The molecule has 0 atom stereocenters. The molecule has 31 heavy (non-hydrogen) atoms. The summed E-state index contributed by atoms with van der Waals surface area (Å²) in [5.41, 5.74) is 4.58. The summed E-state index contributed by atoms with van der Waals surface area (Å²) in [6.07, 6.45) is 0. The molecule has 4 aromatic rings. The van der Waals surface area contributed by atoms with Gasteiger partial charge in [0.15, 0.2) is 0 Å². The monoisotopic (exact) mass is 598 g/mol. The van der Waals surface area contributed by atoms with Crippen molar-refractivity contribution in [2.45, 2.75) is 33.1 Å². The predicted octanol–water partition coefficient (Wildman–Crippen LogP) is 4.58. The van der Waals surface area contributed by atoms with Gasteiger partial charge in [-0.3, -0.25) is 9.97 Å². The summed E-state index contributed by atoms with van der Waals surface area (Å²) < 4.78 is 27.3. The smallest absolute Gasteiger partial charge is 0.573 e. The molecule has 4 aromatic heterocycles. The minimum atomic E-state index is -0.946. The maximum absolute atomic E-state index is 14.1. The van der Waals surface area contributed by atoms with Gasteiger partial charge in [0.25, 0.3) is 0 Å². The first-order valence-electron chi connectivity index (χ1n) is 9.43. The molecule has 0 radical (unpaired) electrons. The third kappa shape index (κ3) is 4.33. The number of hydrogen-bond acceptors (Lipinski definition) is 4. The van der Waals surface area contributed by atoms with E-state index in [0.29, 0.717) is 11.4 Å². The van der Waals surface area contributed by atoms with E-state index in [9.17, 15) is 8.78 Å². The van der Waals surface area contributed by atoms with Crippen LogP contribution in [0.5, 0.6) is 0 Å². The van der Waals surface area contributed by atoms with E-state index in [4.69, 9.17) is 4.98 Å². The standard InChI is InChI=1S/C23H19F2N5.Pt/c1-13-14(2)29-30-21(13)17-8-6-10-19(27-17)23(3,4)18-9-5-7-16(26-18)15-11-12-20(24)28-22(15)25;/h5-10,12H,1-4H3;/q-2;+2. The van der Waals surface area contributed by atoms with Crippen LogP contribution in [0.2, 0.25) is 0 Å². The van der Waals surface area contributed by atoms with E-state index in [2.05, 4.69) is 26.2 Å². The van der Waals surface area contributed by atoms with Crippen molar-refractivity contribution in [3.8, 4) is 22.6 Å². The van der Waals surface area contributed by atoms with Crippen LogP contribution in [0.3, 0.4) is 0 Å². The number of nitrogens with zero attached hydrogens (tertiary/aromatic N) is 5. The second-order valence-corrected chi connectivity index (χ2v) is 7.59. The van der Waals surface area contributed by atoms with Crippen LogP contribution in [-0.4, -0.2) is 20.1 Å². The average Bonchev–Trinajstić information content (AvgIpc) is 3.07. The number of pyridine rings is 3. The quantitative estimate of drug-likeness (QED) is 0.254. The largest absolute Gasteiger partial charge is 2.00 e. The Hall–Kier alpha value is -2.79. The van der Waals surface area contributed by atoms with Gasteiger partial charge in [-0.1, -0.05) is 35.5 Å². The van der Waals surface area contributed by atoms with Crippen LogP contribution in [0, 0.1) is 31.8 Å². The Bertz CT molecular complexity index is 1240. The molecule has 0 bridgehead atoms. The van der Waals surface area contributed by atoms with Crippen LogP contribution in [-0.2, 0) is 26.5 Å². The molecule has 5 nitrogen and oxygen atoms in total. The van der Waals surface area contributed by atoms with Gasteiger partial charge in [0.2, 0.25) is 0 Å². The molecular weight excluding hydrogens is 579 g/mol. The van der Waals surface area contributed by atoms with Crippen molar-refractivity contribution in [1.82, 2.24) is 25.1 Å². The number of aryl methyl sites for hydroxylation is 1. The van der Waals surface area contributed by atoms with Gasteiger partial charge < -0.3 is 15.2 Å². The van der Waals surface area contributed by atoms with E-state index < -0.39 is 17.3 Å². The molecule has 4 heterocycles. The molecule has 0 amide bonds. The van der Waals surface area contributed by atoms with Crippen LogP contribution in [0.25, 0.3) is 22.6 Å². The van der Waals surface area contributed by atoms with Gasteiger partial charge in [-0.25, -0.2) is 8.78 Å². The molecule has 0 aromatic carbocycles. The van der Waals surface area contributed by atoms with Crippen molar-refractivity contribution >= 4 is 0 Å². The summed E-state index contributed by atoms with van der Waals surface area (Å²) in [6, 6.07) is 14.6. The van der Waals surface area contributed by atoms with Crippen molar-refractivity contribution in [2.24, 2.45) is 0 Å². The second-order valence-electron chi connectivity index (χ2n) is 7.59. The van der Waals surface area contributed by atoms with Crippen molar-refractivity contribution in [1.29, 1.82) is 0 Å². The Labute approximate surface area is 193 Å². The number of aromatic nitrogens is 5. The summed E-state index contributed by atoms with van der Waals surface area (Å²) in [5, 5.41) is 8.37. The first-order chi connectivity index (χ1) is 14.3. The van der Waals surface area contributed by atoms with Gasteiger partial charge in [-0.05, 0) is 57.2 Å². The number of hydrogen-bond donors (Lipinski definition) is 0. The van der Waals surface area contributed by atoms with E-state index in [0.717, 1.165) is 34.4 Å². The third-order valence-corrected chi connectivity index (χ3v) is 5.22. The fourth-order valence-corrected chi connectivity index (χ4v) is 3.21. The second kappa shape index (κ2) is 8.75. The van der Waals surface area contributed by atoms with Crippen molar-refractivity contribution in [3.05, 3.63) is 83.1 Å². The maximum Gasteiger partial charge on any atom is 2.00 e. The molecule has 0 N–H and O–H groups in total. The normalized spacial score (nSPS) is 11.3. The van der Waals surface area contributed by atoms with Crippen molar-refractivity contribution < 1.29 is 29.8 Å². The first-order valence-corrected chi connectivity index (χ1v) is 9.43. The van der Waals surface area contributed by atoms with Crippen LogP contribution in [0.1, 0.15) is 36.5 Å². The van der Waals surface area contributed by atoms with Gasteiger partial charge in [0.1, 0.15) is 11.9 Å². The molecule has 0 saturated heterocycles. The zero-order chi connectivity index (χ0) is 21.5. The van der Waals surface area contributed by atoms with Crippen molar-refractivity contribution in [3.63, 3.8) is 0 Å². The molecule has 0 aliphatic carbocycles. The van der Waals surface area contributed by atoms with E-state index in [1.54, 1.807) is 12.1 Å². The molecule has 0 saturated carbocycles. The van der Waals surface area contributed by atoms with E-state index in [1.807, 2.05) is 52.0 Å². The van der Waals surface area contributed by atoms with E-state index >= 15 is 0 Å². The Morgan fingerprint density at radius 3 is 2.10 bits per heavy atom. The molecule has 0 fully saturated rings. The molecule has 0 aliphatic heterocycles. The molecule has 0 aliphatic rings. The zero-order valence-electron chi connectivity index (χ0n) is 17.3. The Kier molecular flexibility index (Phi) is 6.46. The molecule has 160 valence electrons. The molecule has 8 heteroatoms. The van der Waals surface area contributed by atoms with Crippen LogP contribution in [0.15, 0.2) is 42.5 Å². The van der Waals surface area contributed by atoms with Gasteiger partial charge in [0, 0.05) is 22.5 Å². The minimum Gasteiger partial charge on any atom is -0.573 e. The first kappa shape index (κ1) is 22.9. The summed E-state index contributed by atoms with van der Waals surface area (Å²) in [4.78, 5) is 12.6. The number of rotatable bonds is 4. The maximum atomic E-state index is 14.1. The molecule has 4 rings (SSSR count). The summed E-state index contributed by atoms with van der Waals surface area (Å²) in [5.74, 6) is -1.87. The average molecular weight is 599 g/mol. The molecular formula is C23H19F2N5Pt. The van der Waals surface area contributed by atoms with Crippen LogP contribution < -0.4 is 5.10 Å². The zero-order valence-corrected chi connectivity index (χ0v) is 19.6. The molecule has 0 spiro atoms. The fraction of sp³-hybridized carbons (Fsp3) is 0.217. The van der Waals surface area contributed by atoms with Crippen molar-refractivity contribution in [2.75, 3.05) is 0 Å². The van der Waals surface area contributed by atoms with Gasteiger partial charge in [0.05, 0.1) is 5.69 Å². The van der Waals surface area contributed by atoms with Gasteiger partial charge in [-0.15, -0.1) is 6.07 Å². The van der Waals surface area contributed by atoms with E-state index in [-0.39, 0.29) is 26.6 Å². The van der Waals surface area contributed by atoms with Crippen LogP contribution >= 0.6 is 0 Å². The third-order valence-electron chi connectivity index (χ3n) is 5.22. The summed E-state index contributed by atoms with van der Waals surface area (Å²) >= 11 is 0. The van der Waals surface area contributed by atoms with Gasteiger partial charge in [-0.2, -0.15) is 0 Å². The fourth-order valence-electron chi connectivity index (χ4n) is 3.21. The molecule has 0 unspecified atom stereocenters. The topological polar surface area (TPSA) is 65.7 Å². The van der Waals surface area contributed by atoms with E-state index in [1.165, 1.54) is 0 Å². The Morgan fingerprint density at radius 2 is 1.52 bits per heavy atom. The summed E-state index contributed by atoms with van der Waals surface area (Å²) in [6.45, 7) is 7.86. The van der Waals surface area contributed by atoms with Crippen LogP contribution in [0.4, 0.5) is 8.78 Å². The van der Waals surface area contributed by atoms with Gasteiger partial charge >= 0.3 is 21.1 Å². The minimum absolute atomic E-state index is 0. The summed E-state index contributed by atoms with van der Waals surface area (Å²) in [7, 11) is 0. The Morgan fingerprint density at radius 1 is 0.903 bits per heavy atom. The predicted molar refractivity (Wildman–Crippen MR) is 109 cm³/mol. The number of halogens is 2.